The quantitative estimate of drug-likeness (QED) is 0.878. The molecule has 6 heteroatoms. The summed E-state index contributed by atoms with van der Waals surface area (Å²) < 4.78 is 12.9. The fourth-order valence-electron chi connectivity index (χ4n) is 2.15. The molecule has 6 nitrogen and oxygen atoms in total. The Labute approximate surface area is 118 Å². The first-order valence-corrected chi connectivity index (χ1v) is 6.65. The Morgan fingerprint density at radius 2 is 1.75 bits per heavy atom. The Balaban J connectivity index is 2.61. The van der Waals surface area contributed by atoms with E-state index < -0.39 is 0 Å². The van der Waals surface area contributed by atoms with Crippen molar-refractivity contribution in [2.45, 2.75) is 20.4 Å². The average molecular weight is 276 g/mol. The van der Waals surface area contributed by atoms with Gasteiger partial charge in [0.1, 0.15) is 17.1 Å². The number of aromatic nitrogens is 3. The Morgan fingerprint density at radius 1 is 1.10 bits per heavy atom. The molecular weight excluding hydrogens is 256 g/mol. The molecule has 0 spiro atoms. The molecule has 0 saturated carbocycles. The van der Waals surface area contributed by atoms with E-state index in [9.17, 15) is 0 Å². The maximum absolute atomic E-state index is 5.43. The fraction of sp³-hybridized carbons (Fsp3) is 0.429. The van der Waals surface area contributed by atoms with Gasteiger partial charge in [-0.1, -0.05) is 6.07 Å². The van der Waals surface area contributed by atoms with Crippen molar-refractivity contribution in [3.63, 3.8) is 0 Å². The second kappa shape index (κ2) is 6.27. The molecule has 1 aromatic carbocycles. The van der Waals surface area contributed by atoms with Gasteiger partial charge >= 0.3 is 0 Å². The van der Waals surface area contributed by atoms with Gasteiger partial charge in [-0.25, -0.2) is 0 Å². The lowest BCUT2D eigenvalue weighted by Crippen LogP contribution is -2.07. The predicted octanol–water partition coefficient (Wildman–Crippen LogP) is 2.41. The van der Waals surface area contributed by atoms with Crippen LogP contribution in [-0.4, -0.2) is 35.5 Å². The fourth-order valence-corrected chi connectivity index (χ4v) is 2.15. The van der Waals surface area contributed by atoms with Crippen molar-refractivity contribution in [1.29, 1.82) is 0 Å². The van der Waals surface area contributed by atoms with Crippen molar-refractivity contribution in [2.24, 2.45) is 0 Å². The summed E-state index contributed by atoms with van der Waals surface area (Å²) in [5, 5.41) is 11.7. The van der Waals surface area contributed by atoms with Gasteiger partial charge < -0.3 is 14.8 Å². The second-order valence-corrected chi connectivity index (χ2v) is 4.16. The molecule has 1 N–H and O–H groups in total. The number of benzene rings is 1. The number of nitrogens with one attached hydrogen (secondary N) is 1. The summed E-state index contributed by atoms with van der Waals surface area (Å²) in [5.74, 6) is 2.92. The molecule has 0 saturated heterocycles. The molecule has 0 unspecified atom stereocenters. The topological polar surface area (TPSA) is 61.2 Å². The second-order valence-electron chi connectivity index (χ2n) is 4.16. The van der Waals surface area contributed by atoms with Crippen LogP contribution in [-0.2, 0) is 6.54 Å². The number of rotatable bonds is 6. The Morgan fingerprint density at radius 3 is 2.25 bits per heavy atom. The molecule has 2 aromatic rings. The molecule has 20 heavy (non-hydrogen) atoms. The van der Waals surface area contributed by atoms with Crippen LogP contribution in [0.5, 0.6) is 11.5 Å². The van der Waals surface area contributed by atoms with Crippen molar-refractivity contribution in [1.82, 2.24) is 14.8 Å². The van der Waals surface area contributed by atoms with Crippen LogP contribution >= 0.6 is 0 Å². The third kappa shape index (κ3) is 2.41. The van der Waals surface area contributed by atoms with Gasteiger partial charge in [-0.15, -0.1) is 10.2 Å². The van der Waals surface area contributed by atoms with E-state index >= 15 is 0 Å². The van der Waals surface area contributed by atoms with E-state index in [1.54, 1.807) is 14.2 Å². The van der Waals surface area contributed by atoms with Crippen molar-refractivity contribution >= 4 is 5.95 Å². The highest BCUT2D eigenvalue weighted by atomic mass is 16.5. The first kappa shape index (κ1) is 14.2. The van der Waals surface area contributed by atoms with Crippen LogP contribution in [0.3, 0.4) is 0 Å². The standard InChI is InChI=1S/C14H20N4O2/c1-5-15-14-17-16-13(18(14)6-2)12-10(19-3)8-7-9-11(12)20-4/h7-9H,5-6H2,1-4H3,(H,15,17). The summed E-state index contributed by atoms with van der Waals surface area (Å²) in [6.07, 6.45) is 0. The van der Waals surface area contributed by atoms with E-state index in [1.165, 1.54) is 0 Å². The van der Waals surface area contributed by atoms with Crippen LogP contribution in [0, 0.1) is 0 Å². The largest absolute Gasteiger partial charge is 0.496 e. The molecule has 1 aromatic heterocycles. The Kier molecular flexibility index (Phi) is 4.45. The molecule has 0 fully saturated rings. The molecule has 1 heterocycles. The number of hydrogen-bond donors (Lipinski definition) is 1. The van der Waals surface area contributed by atoms with E-state index in [4.69, 9.17) is 9.47 Å². The van der Waals surface area contributed by atoms with E-state index in [-0.39, 0.29) is 0 Å². The summed E-state index contributed by atoms with van der Waals surface area (Å²) in [7, 11) is 3.27. The van der Waals surface area contributed by atoms with Crippen LogP contribution in [0.25, 0.3) is 11.4 Å². The van der Waals surface area contributed by atoms with Crippen LogP contribution in [0.1, 0.15) is 13.8 Å². The van der Waals surface area contributed by atoms with Gasteiger partial charge in [-0.3, -0.25) is 4.57 Å². The van der Waals surface area contributed by atoms with Crippen molar-refractivity contribution in [3.8, 4) is 22.9 Å². The van der Waals surface area contributed by atoms with Gasteiger partial charge in [-0.05, 0) is 26.0 Å². The molecule has 0 bridgehead atoms. The minimum Gasteiger partial charge on any atom is -0.496 e. The number of methoxy groups -OCH3 is 2. The van der Waals surface area contributed by atoms with Gasteiger partial charge in [0.25, 0.3) is 0 Å². The predicted molar refractivity (Wildman–Crippen MR) is 78.4 cm³/mol. The highest BCUT2D eigenvalue weighted by Crippen LogP contribution is 2.37. The first-order valence-electron chi connectivity index (χ1n) is 6.65. The van der Waals surface area contributed by atoms with Crippen LogP contribution < -0.4 is 14.8 Å². The van der Waals surface area contributed by atoms with Gasteiger partial charge in [0.05, 0.1) is 14.2 Å². The van der Waals surface area contributed by atoms with E-state index in [1.807, 2.05) is 29.7 Å². The van der Waals surface area contributed by atoms with Gasteiger partial charge in [0.2, 0.25) is 5.95 Å². The van der Waals surface area contributed by atoms with Gasteiger partial charge in [0.15, 0.2) is 5.82 Å². The SMILES string of the molecule is CCNc1nnc(-c2c(OC)cccc2OC)n1CC. The summed E-state index contributed by atoms with van der Waals surface area (Å²) >= 11 is 0. The lowest BCUT2D eigenvalue weighted by molar-refractivity contribution is 0.396. The number of ether oxygens (including phenoxy) is 2. The average Bonchev–Trinajstić information content (AvgIpc) is 2.89. The molecule has 108 valence electrons. The highest BCUT2D eigenvalue weighted by molar-refractivity contribution is 5.73. The molecule has 0 aliphatic heterocycles. The van der Waals surface area contributed by atoms with E-state index in [0.29, 0.717) is 0 Å². The Hall–Kier alpha value is -2.24. The number of anilines is 1. The molecule has 0 radical (unpaired) electrons. The van der Waals surface area contributed by atoms with E-state index in [0.717, 1.165) is 41.9 Å². The first-order chi connectivity index (χ1) is 9.76. The zero-order chi connectivity index (χ0) is 14.5. The van der Waals surface area contributed by atoms with Crippen LogP contribution in [0.15, 0.2) is 18.2 Å². The Bertz CT molecular complexity index is 558. The lowest BCUT2D eigenvalue weighted by Gasteiger charge is -2.14. The number of hydrogen-bond acceptors (Lipinski definition) is 5. The maximum Gasteiger partial charge on any atom is 0.224 e. The van der Waals surface area contributed by atoms with Crippen LogP contribution in [0.2, 0.25) is 0 Å². The third-order valence-electron chi connectivity index (χ3n) is 3.05. The smallest absolute Gasteiger partial charge is 0.224 e. The highest BCUT2D eigenvalue weighted by Gasteiger charge is 2.20. The maximum atomic E-state index is 5.43. The normalized spacial score (nSPS) is 10.4. The van der Waals surface area contributed by atoms with Gasteiger partial charge in [0, 0.05) is 13.1 Å². The zero-order valence-electron chi connectivity index (χ0n) is 12.3. The van der Waals surface area contributed by atoms with E-state index in [2.05, 4.69) is 22.4 Å². The third-order valence-corrected chi connectivity index (χ3v) is 3.05. The summed E-state index contributed by atoms with van der Waals surface area (Å²) in [6.45, 7) is 5.63. The van der Waals surface area contributed by atoms with Crippen LogP contribution in [0.4, 0.5) is 5.95 Å². The minimum absolute atomic E-state index is 0.717. The summed E-state index contributed by atoms with van der Waals surface area (Å²) in [6, 6.07) is 5.66. The minimum atomic E-state index is 0.717. The molecule has 0 atom stereocenters. The molecule has 2 rings (SSSR count). The molecule has 0 aliphatic carbocycles. The number of nitrogens with zero attached hydrogens (tertiary/aromatic N) is 3. The molecule has 0 amide bonds. The van der Waals surface area contributed by atoms with Crippen molar-refractivity contribution in [2.75, 3.05) is 26.1 Å². The van der Waals surface area contributed by atoms with Crippen molar-refractivity contribution < 1.29 is 9.47 Å². The molecular formula is C14H20N4O2. The molecule has 0 aliphatic rings. The summed E-state index contributed by atoms with van der Waals surface area (Å²) in [5.41, 5.74) is 0.816. The lowest BCUT2D eigenvalue weighted by atomic mass is 10.1. The summed E-state index contributed by atoms with van der Waals surface area (Å²) in [4.78, 5) is 0. The monoisotopic (exact) mass is 276 g/mol. The zero-order valence-corrected chi connectivity index (χ0v) is 12.3. The van der Waals surface area contributed by atoms with Crippen molar-refractivity contribution in [3.05, 3.63) is 18.2 Å². The van der Waals surface area contributed by atoms with Gasteiger partial charge in [-0.2, -0.15) is 0 Å².